The molecule has 3 heteroatoms. The average molecular weight is 253 g/mol. The van der Waals surface area contributed by atoms with Gasteiger partial charge in [0.2, 0.25) is 0 Å². The van der Waals surface area contributed by atoms with E-state index in [1.807, 2.05) is 12.1 Å². The summed E-state index contributed by atoms with van der Waals surface area (Å²) in [7, 11) is 1.41. The van der Waals surface area contributed by atoms with E-state index in [1.54, 1.807) is 0 Å². The molecule has 19 heavy (non-hydrogen) atoms. The maximum atomic E-state index is 11.5. The Bertz CT molecular complexity index is 661. The lowest BCUT2D eigenvalue weighted by molar-refractivity contribution is -0.141. The fourth-order valence-corrected chi connectivity index (χ4v) is 2.48. The lowest BCUT2D eigenvalue weighted by atomic mass is 10.0. The van der Waals surface area contributed by atoms with Crippen molar-refractivity contribution in [3.8, 4) is 0 Å². The number of hydrogen-bond donors (Lipinski definition) is 0. The predicted molar refractivity (Wildman–Crippen MR) is 75.5 cm³/mol. The third kappa shape index (κ3) is 2.24. The van der Waals surface area contributed by atoms with Gasteiger partial charge in [-0.05, 0) is 35.2 Å². The quantitative estimate of drug-likeness (QED) is 0.772. The van der Waals surface area contributed by atoms with Crippen molar-refractivity contribution >= 4 is 22.5 Å². The van der Waals surface area contributed by atoms with Gasteiger partial charge >= 0.3 is 5.97 Å². The lowest BCUT2D eigenvalue weighted by Gasteiger charge is -2.03. The number of fused-ring (bicyclic) bond motifs is 1. The van der Waals surface area contributed by atoms with Crippen LogP contribution in [0.25, 0.3) is 10.8 Å². The highest BCUT2D eigenvalue weighted by Crippen LogP contribution is 2.22. The number of esters is 1. The molecule has 1 atom stereocenters. The molecule has 2 aromatic rings. The second-order valence-electron chi connectivity index (χ2n) is 4.72. The van der Waals surface area contributed by atoms with E-state index in [4.69, 9.17) is 4.74 Å². The molecule has 0 saturated carbocycles. The molecule has 1 aliphatic heterocycles. The van der Waals surface area contributed by atoms with Gasteiger partial charge in [0.15, 0.2) is 0 Å². The van der Waals surface area contributed by atoms with Gasteiger partial charge in [-0.1, -0.05) is 36.4 Å². The van der Waals surface area contributed by atoms with Gasteiger partial charge in [0.1, 0.15) is 6.04 Å². The third-order valence-electron chi connectivity index (χ3n) is 3.52. The Labute approximate surface area is 111 Å². The second kappa shape index (κ2) is 4.84. The topological polar surface area (TPSA) is 38.7 Å². The minimum Gasteiger partial charge on any atom is -0.467 e. The molecule has 0 fully saturated rings. The van der Waals surface area contributed by atoms with E-state index >= 15 is 0 Å². The molecule has 0 spiro atoms. The molecule has 1 aliphatic rings. The fourth-order valence-electron chi connectivity index (χ4n) is 2.48. The number of rotatable bonds is 2. The van der Waals surface area contributed by atoms with Gasteiger partial charge < -0.3 is 4.74 Å². The molecule has 1 unspecified atom stereocenters. The molecule has 0 N–H and O–H groups in total. The van der Waals surface area contributed by atoms with E-state index in [1.165, 1.54) is 17.9 Å². The van der Waals surface area contributed by atoms with Crippen molar-refractivity contribution in [2.75, 3.05) is 7.11 Å². The van der Waals surface area contributed by atoms with Gasteiger partial charge in [0.05, 0.1) is 7.11 Å². The van der Waals surface area contributed by atoms with Crippen molar-refractivity contribution in [2.24, 2.45) is 4.99 Å². The number of carbonyl (C=O) groups is 1. The highest BCUT2D eigenvalue weighted by molar-refractivity contribution is 6.05. The molecule has 0 aromatic heterocycles. The second-order valence-corrected chi connectivity index (χ2v) is 4.72. The molecule has 96 valence electrons. The average Bonchev–Trinajstić information content (AvgIpc) is 2.95. The zero-order chi connectivity index (χ0) is 13.2. The molecule has 0 saturated heterocycles. The molecule has 0 amide bonds. The van der Waals surface area contributed by atoms with Crippen molar-refractivity contribution in [3.05, 3.63) is 48.0 Å². The molecule has 3 nitrogen and oxygen atoms in total. The summed E-state index contributed by atoms with van der Waals surface area (Å²) in [5.74, 6) is -0.240. The highest BCUT2D eigenvalue weighted by atomic mass is 16.5. The molecular formula is C16H15NO2. The monoisotopic (exact) mass is 253 g/mol. The van der Waals surface area contributed by atoms with Crippen LogP contribution in [0.2, 0.25) is 0 Å². The SMILES string of the molecule is COC(=O)C1CCC(c2ccc3ccccc3c2)=N1. The zero-order valence-electron chi connectivity index (χ0n) is 10.8. The smallest absolute Gasteiger partial charge is 0.330 e. The van der Waals surface area contributed by atoms with Crippen LogP contribution in [-0.2, 0) is 9.53 Å². The number of hydrogen-bond acceptors (Lipinski definition) is 3. The first kappa shape index (κ1) is 11.9. The minimum atomic E-state index is -0.327. The van der Waals surface area contributed by atoms with E-state index in [0.29, 0.717) is 0 Å². The minimum absolute atomic E-state index is 0.240. The molecule has 2 aromatic carbocycles. The summed E-state index contributed by atoms with van der Waals surface area (Å²) in [6.45, 7) is 0. The number of benzene rings is 2. The lowest BCUT2D eigenvalue weighted by Crippen LogP contribution is -2.16. The molecule has 1 heterocycles. The number of aliphatic imine (C=N–C) groups is 1. The van der Waals surface area contributed by atoms with Crippen LogP contribution in [0.15, 0.2) is 47.5 Å². The number of carbonyl (C=O) groups excluding carboxylic acids is 1. The van der Waals surface area contributed by atoms with Crippen LogP contribution in [0.5, 0.6) is 0 Å². The third-order valence-corrected chi connectivity index (χ3v) is 3.52. The largest absolute Gasteiger partial charge is 0.467 e. The Kier molecular flexibility index (Phi) is 3.03. The fraction of sp³-hybridized carbons (Fsp3) is 0.250. The summed E-state index contributed by atoms with van der Waals surface area (Å²) in [4.78, 5) is 16.0. The molecular weight excluding hydrogens is 238 g/mol. The van der Waals surface area contributed by atoms with E-state index in [2.05, 4.69) is 35.3 Å². The standard InChI is InChI=1S/C16H15NO2/c1-19-16(18)15-9-8-14(17-15)13-7-6-11-4-2-3-5-12(11)10-13/h2-7,10,15H,8-9H2,1H3. The van der Waals surface area contributed by atoms with Crippen LogP contribution in [0.4, 0.5) is 0 Å². The van der Waals surface area contributed by atoms with Gasteiger partial charge in [-0.2, -0.15) is 0 Å². The molecule has 0 aliphatic carbocycles. The van der Waals surface area contributed by atoms with E-state index in [9.17, 15) is 4.79 Å². The molecule has 0 bridgehead atoms. The van der Waals surface area contributed by atoms with Crippen LogP contribution < -0.4 is 0 Å². The summed E-state index contributed by atoms with van der Waals surface area (Å²) in [5.41, 5.74) is 2.10. The Morgan fingerprint density at radius 3 is 2.79 bits per heavy atom. The van der Waals surface area contributed by atoms with Crippen LogP contribution in [0, 0.1) is 0 Å². The first-order chi connectivity index (χ1) is 9.28. The van der Waals surface area contributed by atoms with Gasteiger partial charge in [0, 0.05) is 5.71 Å². The summed E-state index contributed by atoms with van der Waals surface area (Å²) < 4.78 is 4.74. The highest BCUT2D eigenvalue weighted by Gasteiger charge is 2.25. The van der Waals surface area contributed by atoms with Crippen LogP contribution >= 0.6 is 0 Å². The van der Waals surface area contributed by atoms with E-state index in [0.717, 1.165) is 24.1 Å². The van der Waals surface area contributed by atoms with Crippen molar-refractivity contribution in [1.29, 1.82) is 0 Å². The van der Waals surface area contributed by atoms with Gasteiger partial charge in [0.25, 0.3) is 0 Å². The van der Waals surface area contributed by atoms with Crippen molar-refractivity contribution in [1.82, 2.24) is 0 Å². The summed E-state index contributed by atoms with van der Waals surface area (Å²) in [5, 5.41) is 2.42. The van der Waals surface area contributed by atoms with Gasteiger partial charge in [-0.15, -0.1) is 0 Å². The Morgan fingerprint density at radius 1 is 1.21 bits per heavy atom. The number of ether oxygens (including phenoxy) is 1. The zero-order valence-corrected chi connectivity index (χ0v) is 10.8. The normalized spacial score (nSPS) is 18.4. The first-order valence-electron chi connectivity index (χ1n) is 6.41. The predicted octanol–water partition coefficient (Wildman–Crippen LogP) is 2.96. The van der Waals surface area contributed by atoms with Crippen molar-refractivity contribution < 1.29 is 9.53 Å². The number of nitrogens with zero attached hydrogens (tertiary/aromatic N) is 1. The van der Waals surface area contributed by atoms with E-state index in [-0.39, 0.29) is 12.0 Å². The maximum absolute atomic E-state index is 11.5. The summed E-state index contributed by atoms with van der Waals surface area (Å²) >= 11 is 0. The molecule has 3 rings (SSSR count). The Morgan fingerprint density at radius 2 is 2.00 bits per heavy atom. The van der Waals surface area contributed by atoms with Gasteiger partial charge in [-0.3, -0.25) is 4.99 Å². The molecule has 0 radical (unpaired) electrons. The summed E-state index contributed by atoms with van der Waals surface area (Å²) in [6.07, 6.45) is 1.58. The summed E-state index contributed by atoms with van der Waals surface area (Å²) in [6, 6.07) is 14.2. The van der Waals surface area contributed by atoms with Crippen molar-refractivity contribution in [2.45, 2.75) is 18.9 Å². The van der Waals surface area contributed by atoms with Crippen LogP contribution in [-0.4, -0.2) is 24.8 Å². The van der Waals surface area contributed by atoms with Crippen LogP contribution in [0.3, 0.4) is 0 Å². The van der Waals surface area contributed by atoms with Crippen LogP contribution in [0.1, 0.15) is 18.4 Å². The van der Waals surface area contributed by atoms with E-state index < -0.39 is 0 Å². The maximum Gasteiger partial charge on any atom is 0.330 e. The van der Waals surface area contributed by atoms with Gasteiger partial charge in [-0.25, -0.2) is 4.79 Å². The Balaban J connectivity index is 1.94. The first-order valence-corrected chi connectivity index (χ1v) is 6.41. The van der Waals surface area contributed by atoms with Crippen molar-refractivity contribution in [3.63, 3.8) is 0 Å². The number of methoxy groups -OCH3 is 1. The Hall–Kier alpha value is -2.16.